The second-order valence-electron chi connectivity index (χ2n) is 5.13. The van der Waals surface area contributed by atoms with Crippen LogP contribution in [0.25, 0.3) is 0 Å². The second kappa shape index (κ2) is 5.07. The van der Waals surface area contributed by atoms with Gasteiger partial charge in [-0.25, -0.2) is 0 Å². The van der Waals surface area contributed by atoms with Gasteiger partial charge < -0.3 is 9.84 Å². The van der Waals surface area contributed by atoms with Gasteiger partial charge in [-0.15, -0.1) is 0 Å². The average molecular weight is 235 g/mol. The summed E-state index contributed by atoms with van der Waals surface area (Å²) >= 11 is 0. The number of piperidine rings is 1. The Balaban J connectivity index is 1.97. The van der Waals surface area contributed by atoms with Crippen LogP contribution in [0.2, 0.25) is 0 Å². The maximum absolute atomic E-state index is 9.25. The van der Waals surface area contributed by atoms with Crippen molar-refractivity contribution in [3.63, 3.8) is 0 Å². The molecule has 17 heavy (non-hydrogen) atoms. The molecule has 1 aliphatic heterocycles. The first-order valence-electron chi connectivity index (χ1n) is 6.17. The lowest BCUT2D eigenvalue weighted by Gasteiger charge is -2.39. The Hall–Kier alpha value is -1.06. The molecule has 1 saturated heterocycles. The van der Waals surface area contributed by atoms with Gasteiger partial charge in [-0.3, -0.25) is 4.90 Å². The average Bonchev–Trinajstić information content (AvgIpc) is 2.32. The van der Waals surface area contributed by atoms with Crippen LogP contribution in [0.3, 0.4) is 0 Å². The summed E-state index contributed by atoms with van der Waals surface area (Å²) in [5.74, 6) is 0.328. The number of likely N-dealkylation sites (tertiary alicyclic amines) is 1. The summed E-state index contributed by atoms with van der Waals surface area (Å²) in [6.07, 6.45) is 2.32. The largest absolute Gasteiger partial charge is 0.508 e. The molecule has 1 fully saturated rings. The molecule has 0 amide bonds. The summed E-state index contributed by atoms with van der Waals surface area (Å²) in [5.41, 5.74) is 1.23. The van der Waals surface area contributed by atoms with E-state index in [4.69, 9.17) is 4.74 Å². The van der Waals surface area contributed by atoms with E-state index in [-0.39, 0.29) is 5.60 Å². The van der Waals surface area contributed by atoms with Crippen LogP contribution in [0.4, 0.5) is 0 Å². The number of hydrogen-bond donors (Lipinski definition) is 1. The van der Waals surface area contributed by atoms with E-state index in [2.05, 4.69) is 11.8 Å². The Labute approximate surface area is 103 Å². The molecule has 2 rings (SSSR count). The van der Waals surface area contributed by atoms with Crippen molar-refractivity contribution in [3.8, 4) is 5.75 Å². The summed E-state index contributed by atoms with van der Waals surface area (Å²) in [6, 6.07) is 7.45. The molecule has 1 aliphatic rings. The summed E-state index contributed by atoms with van der Waals surface area (Å²) in [6.45, 7) is 5.21. The van der Waals surface area contributed by atoms with Crippen molar-refractivity contribution in [2.24, 2.45) is 0 Å². The fraction of sp³-hybridized carbons (Fsp3) is 0.571. The monoisotopic (exact) mass is 235 g/mol. The standard InChI is InChI=1S/C14H21NO2/c1-14(17-2)8-3-9-15(11-14)10-12-4-6-13(16)7-5-12/h4-7,16H,3,8-11H2,1-2H3. The molecule has 1 aromatic carbocycles. The van der Waals surface area contributed by atoms with Gasteiger partial charge in [0.15, 0.2) is 0 Å². The van der Waals surface area contributed by atoms with Crippen molar-refractivity contribution in [2.45, 2.75) is 31.9 Å². The van der Waals surface area contributed by atoms with Gasteiger partial charge in [0.05, 0.1) is 5.60 Å². The Bertz CT molecular complexity index is 363. The number of hydrogen-bond acceptors (Lipinski definition) is 3. The van der Waals surface area contributed by atoms with Crippen molar-refractivity contribution in [3.05, 3.63) is 29.8 Å². The fourth-order valence-corrected chi connectivity index (χ4v) is 2.47. The number of phenolic OH excluding ortho intramolecular Hbond substituents is 1. The third-order valence-corrected chi connectivity index (χ3v) is 3.57. The van der Waals surface area contributed by atoms with E-state index in [1.54, 1.807) is 19.2 Å². The van der Waals surface area contributed by atoms with Crippen molar-refractivity contribution < 1.29 is 9.84 Å². The van der Waals surface area contributed by atoms with E-state index >= 15 is 0 Å². The third-order valence-electron chi connectivity index (χ3n) is 3.57. The van der Waals surface area contributed by atoms with E-state index in [9.17, 15) is 5.11 Å². The Morgan fingerprint density at radius 2 is 2.06 bits per heavy atom. The highest BCUT2D eigenvalue weighted by atomic mass is 16.5. The van der Waals surface area contributed by atoms with Crippen LogP contribution < -0.4 is 0 Å². The predicted octanol–water partition coefficient (Wildman–Crippen LogP) is 2.39. The molecule has 0 saturated carbocycles. The van der Waals surface area contributed by atoms with Crippen LogP contribution in [-0.4, -0.2) is 35.8 Å². The molecule has 1 N–H and O–H groups in total. The van der Waals surface area contributed by atoms with Crippen LogP contribution in [0, 0.1) is 0 Å². The quantitative estimate of drug-likeness (QED) is 0.873. The molecule has 0 aromatic heterocycles. The van der Waals surface area contributed by atoms with Gasteiger partial charge in [0.2, 0.25) is 0 Å². The minimum atomic E-state index is -0.00479. The highest BCUT2D eigenvalue weighted by molar-refractivity contribution is 5.25. The molecule has 0 bridgehead atoms. The lowest BCUT2D eigenvalue weighted by molar-refractivity contribution is -0.0527. The van der Waals surface area contributed by atoms with Crippen LogP contribution in [0.5, 0.6) is 5.75 Å². The van der Waals surface area contributed by atoms with Crippen LogP contribution in [0.15, 0.2) is 24.3 Å². The zero-order valence-electron chi connectivity index (χ0n) is 10.6. The normalized spacial score (nSPS) is 26.0. The summed E-state index contributed by atoms with van der Waals surface area (Å²) in [5, 5.41) is 9.25. The third kappa shape index (κ3) is 3.20. The molecular formula is C14H21NO2. The summed E-state index contributed by atoms with van der Waals surface area (Å²) < 4.78 is 5.58. The first-order chi connectivity index (χ1) is 8.11. The lowest BCUT2D eigenvalue weighted by atomic mass is 9.94. The molecule has 3 nitrogen and oxygen atoms in total. The molecule has 0 spiro atoms. The molecule has 1 heterocycles. The van der Waals surface area contributed by atoms with E-state index in [1.807, 2.05) is 12.1 Å². The molecular weight excluding hydrogens is 214 g/mol. The van der Waals surface area contributed by atoms with Crippen molar-refractivity contribution in [1.29, 1.82) is 0 Å². The van der Waals surface area contributed by atoms with Gasteiger partial charge in [-0.1, -0.05) is 12.1 Å². The summed E-state index contributed by atoms with van der Waals surface area (Å²) in [7, 11) is 1.80. The number of benzene rings is 1. The van der Waals surface area contributed by atoms with Gasteiger partial charge in [-0.2, -0.15) is 0 Å². The van der Waals surface area contributed by atoms with Crippen molar-refractivity contribution in [1.82, 2.24) is 4.90 Å². The van der Waals surface area contributed by atoms with Crippen molar-refractivity contribution >= 4 is 0 Å². The van der Waals surface area contributed by atoms with E-state index < -0.39 is 0 Å². The summed E-state index contributed by atoms with van der Waals surface area (Å²) in [4.78, 5) is 2.42. The maximum Gasteiger partial charge on any atom is 0.115 e. The first kappa shape index (κ1) is 12.4. The van der Waals surface area contributed by atoms with Gasteiger partial charge >= 0.3 is 0 Å². The molecule has 1 aromatic rings. The number of rotatable bonds is 3. The van der Waals surface area contributed by atoms with Gasteiger partial charge in [-0.05, 0) is 44.0 Å². The predicted molar refractivity (Wildman–Crippen MR) is 68.0 cm³/mol. The van der Waals surface area contributed by atoms with E-state index in [0.29, 0.717) is 5.75 Å². The van der Waals surface area contributed by atoms with Crippen LogP contribution in [-0.2, 0) is 11.3 Å². The number of aromatic hydroxyl groups is 1. The minimum absolute atomic E-state index is 0.00479. The molecule has 0 radical (unpaired) electrons. The molecule has 1 atom stereocenters. The Morgan fingerprint density at radius 3 is 2.71 bits per heavy atom. The van der Waals surface area contributed by atoms with Gasteiger partial charge in [0, 0.05) is 20.2 Å². The number of ether oxygens (including phenoxy) is 1. The smallest absolute Gasteiger partial charge is 0.115 e. The molecule has 3 heteroatoms. The maximum atomic E-state index is 9.25. The number of nitrogens with zero attached hydrogens (tertiary/aromatic N) is 1. The lowest BCUT2D eigenvalue weighted by Crippen LogP contribution is -2.46. The second-order valence-corrected chi connectivity index (χ2v) is 5.13. The van der Waals surface area contributed by atoms with Gasteiger partial charge in [0.1, 0.15) is 5.75 Å². The minimum Gasteiger partial charge on any atom is -0.508 e. The first-order valence-corrected chi connectivity index (χ1v) is 6.17. The Morgan fingerprint density at radius 1 is 1.35 bits per heavy atom. The Kier molecular flexibility index (Phi) is 3.69. The van der Waals surface area contributed by atoms with E-state index in [1.165, 1.54) is 12.0 Å². The zero-order chi connectivity index (χ0) is 12.3. The highest BCUT2D eigenvalue weighted by Crippen LogP contribution is 2.25. The topological polar surface area (TPSA) is 32.7 Å². The van der Waals surface area contributed by atoms with E-state index in [0.717, 1.165) is 26.1 Å². The zero-order valence-corrected chi connectivity index (χ0v) is 10.6. The van der Waals surface area contributed by atoms with Crippen LogP contribution >= 0.6 is 0 Å². The van der Waals surface area contributed by atoms with Crippen molar-refractivity contribution in [2.75, 3.05) is 20.2 Å². The van der Waals surface area contributed by atoms with Gasteiger partial charge in [0.25, 0.3) is 0 Å². The number of phenols is 1. The molecule has 0 aliphatic carbocycles. The SMILES string of the molecule is COC1(C)CCCN(Cc2ccc(O)cc2)C1. The molecule has 1 unspecified atom stereocenters. The fourth-order valence-electron chi connectivity index (χ4n) is 2.47. The van der Waals surface area contributed by atoms with Crippen LogP contribution in [0.1, 0.15) is 25.3 Å². The highest BCUT2D eigenvalue weighted by Gasteiger charge is 2.30. The molecule has 94 valence electrons. The number of methoxy groups -OCH3 is 1.